The van der Waals surface area contributed by atoms with E-state index < -0.39 is 0 Å². The fourth-order valence-corrected chi connectivity index (χ4v) is 3.26. The average Bonchev–Trinajstić information content (AvgIpc) is 2.64. The molecule has 4 N–H and O–H groups in total. The van der Waals surface area contributed by atoms with Gasteiger partial charge in [0, 0.05) is 44.0 Å². The summed E-state index contributed by atoms with van der Waals surface area (Å²) < 4.78 is 0. The Hall–Kier alpha value is -2.49. The summed E-state index contributed by atoms with van der Waals surface area (Å²) >= 11 is 0. The molecule has 3 amide bonds. The number of rotatable bonds is 6. The van der Waals surface area contributed by atoms with Gasteiger partial charge in [0.1, 0.15) is 0 Å². The third-order valence-electron chi connectivity index (χ3n) is 4.75. The van der Waals surface area contributed by atoms with Crippen LogP contribution in [-0.4, -0.2) is 84.5 Å². The van der Waals surface area contributed by atoms with Gasteiger partial charge in [-0.25, -0.2) is 10.2 Å². The lowest BCUT2D eigenvalue weighted by molar-refractivity contribution is -0.117. The van der Waals surface area contributed by atoms with Crippen molar-refractivity contribution < 1.29 is 14.7 Å². The maximum Gasteiger partial charge on any atom is 0.335 e. The van der Waals surface area contributed by atoms with Gasteiger partial charge in [0.15, 0.2) is 0 Å². The lowest BCUT2D eigenvalue weighted by Crippen LogP contribution is -2.49. The first kappa shape index (κ1) is 19.3. The van der Waals surface area contributed by atoms with E-state index in [9.17, 15) is 9.59 Å². The van der Waals surface area contributed by atoms with Crippen molar-refractivity contribution in [3.05, 3.63) is 29.8 Å². The summed E-state index contributed by atoms with van der Waals surface area (Å²) in [5.74, 6) is -0.0457. The number of amides is 3. The van der Waals surface area contributed by atoms with E-state index in [0.717, 1.165) is 43.1 Å². The molecule has 146 valence electrons. The van der Waals surface area contributed by atoms with Crippen LogP contribution < -0.4 is 16.1 Å². The summed E-state index contributed by atoms with van der Waals surface area (Å²) in [5.41, 5.74) is 4.76. The first-order valence-corrected chi connectivity index (χ1v) is 9.15. The molecule has 0 spiro atoms. The summed E-state index contributed by atoms with van der Waals surface area (Å²) in [4.78, 5) is 27.8. The Kier molecular flexibility index (Phi) is 6.38. The lowest BCUT2D eigenvalue weighted by atomic mass is 10.0. The maximum absolute atomic E-state index is 12.3. The molecule has 27 heavy (non-hydrogen) atoms. The molecule has 1 saturated heterocycles. The van der Waals surface area contributed by atoms with Gasteiger partial charge < -0.3 is 15.7 Å². The van der Waals surface area contributed by atoms with Crippen LogP contribution in [0.2, 0.25) is 0 Å². The minimum atomic E-state index is -0.313. The Labute approximate surface area is 158 Å². The molecule has 2 aliphatic heterocycles. The Morgan fingerprint density at radius 1 is 1.22 bits per heavy atom. The second-order valence-electron chi connectivity index (χ2n) is 6.77. The first-order chi connectivity index (χ1) is 13.0. The van der Waals surface area contributed by atoms with Gasteiger partial charge in [0.05, 0.1) is 24.9 Å². The molecular weight excluding hydrogens is 348 g/mol. The standard InChI is InChI=1S/C18H26N6O3/c1-13-17(21-22-18(27)19-13)14-2-4-15(5-3-14)20-16(26)12-24-8-6-23(7-9-24)10-11-25/h2-5,13,25H,6-12H2,1H3,(H,20,26)(H2,19,22,27). The van der Waals surface area contributed by atoms with E-state index in [4.69, 9.17) is 5.11 Å². The highest BCUT2D eigenvalue weighted by Gasteiger charge is 2.21. The molecule has 1 aromatic rings. The number of aliphatic hydroxyl groups is 1. The Balaban J connectivity index is 1.50. The minimum absolute atomic E-state index is 0.0457. The van der Waals surface area contributed by atoms with E-state index in [1.54, 1.807) is 0 Å². The number of nitrogens with one attached hydrogen (secondary N) is 3. The zero-order valence-corrected chi connectivity index (χ0v) is 15.4. The van der Waals surface area contributed by atoms with Crippen LogP contribution in [0.5, 0.6) is 0 Å². The summed E-state index contributed by atoms with van der Waals surface area (Å²) in [5, 5.41) is 18.7. The molecule has 9 nitrogen and oxygen atoms in total. The van der Waals surface area contributed by atoms with Crippen molar-refractivity contribution in [3.8, 4) is 0 Å². The monoisotopic (exact) mass is 374 g/mol. The number of nitrogens with zero attached hydrogens (tertiary/aromatic N) is 3. The molecule has 0 saturated carbocycles. The van der Waals surface area contributed by atoms with Gasteiger partial charge in [0.2, 0.25) is 5.91 Å². The highest BCUT2D eigenvalue weighted by atomic mass is 16.3. The molecule has 1 fully saturated rings. The molecular formula is C18H26N6O3. The number of anilines is 1. The zero-order chi connectivity index (χ0) is 19.2. The molecule has 2 heterocycles. The average molecular weight is 374 g/mol. The number of β-amino-alcohol motifs (C(OH)–C–C–N with tert-alkyl or cyclic N) is 1. The van der Waals surface area contributed by atoms with E-state index >= 15 is 0 Å². The number of urea groups is 1. The van der Waals surface area contributed by atoms with Crippen molar-refractivity contribution in [3.63, 3.8) is 0 Å². The van der Waals surface area contributed by atoms with E-state index in [1.807, 2.05) is 31.2 Å². The number of carbonyl (C=O) groups is 2. The molecule has 1 unspecified atom stereocenters. The lowest BCUT2D eigenvalue weighted by Gasteiger charge is -2.33. The third-order valence-corrected chi connectivity index (χ3v) is 4.75. The first-order valence-electron chi connectivity index (χ1n) is 9.15. The fourth-order valence-electron chi connectivity index (χ4n) is 3.26. The van der Waals surface area contributed by atoms with E-state index in [1.165, 1.54) is 0 Å². The van der Waals surface area contributed by atoms with Crippen LogP contribution in [0.1, 0.15) is 12.5 Å². The zero-order valence-electron chi connectivity index (χ0n) is 15.4. The molecule has 0 bridgehead atoms. The summed E-state index contributed by atoms with van der Waals surface area (Å²) in [7, 11) is 0. The molecule has 1 aromatic carbocycles. The van der Waals surface area contributed by atoms with Gasteiger partial charge in [-0.3, -0.25) is 14.6 Å². The van der Waals surface area contributed by atoms with Crippen molar-refractivity contribution in [2.45, 2.75) is 13.0 Å². The van der Waals surface area contributed by atoms with Crippen LogP contribution in [0.3, 0.4) is 0 Å². The fraction of sp³-hybridized carbons (Fsp3) is 0.500. The van der Waals surface area contributed by atoms with Gasteiger partial charge in [-0.2, -0.15) is 5.10 Å². The van der Waals surface area contributed by atoms with Gasteiger partial charge in [-0.1, -0.05) is 12.1 Å². The topological polar surface area (TPSA) is 109 Å². The Bertz CT molecular complexity index is 698. The van der Waals surface area contributed by atoms with Crippen LogP contribution in [0.4, 0.5) is 10.5 Å². The third kappa shape index (κ3) is 5.25. The predicted octanol–water partition coefficient (Wildman–Crippen LogP) is -0.360. The molecule has 3 rings (SSSR count). The number of hydrogen-bond donors (Lipinski definition) is 4. The summed E-state index contributed by atoms with van der Waals surface area (Å²) in [6, 6.07) is 6.92. The quantitative estimate of drug-likeness (QED) is 0.544. The number of benzene rings is 1. The second-order valence-corrected chi connectivity index (χ2v) is 6.77. The highest BCUT2D eigenvalue weighted by molar-refractivity contribution is 6.07. The van der Waals surface area contributed by atoms with E-state index in [-0.39, 0.29) is 24.6 Å². The molecule has 0 radical (unpaired) electrons. The number of hydrogen-bond acceptors (Lipinski definition) is 6. The molecule has 0 aliphatic carbocycles. The van der Waals surface area contributed by atoms with Crippen LogP contribution in [0.15, 0.2) is 29.4 Å². The minimum Gasteiger partial charge on any atom is -0.395 e. The van der Waals surface area contributed by atoms with Gasteiger partial charge >= 0.3 is 6.03 Å². The van der Waals surface area contributed by atoms with Gasteiger partial charge in [0.25, 0.3) is 0 Å². The number of piperazine rings is 1. The van der Waals surface area contributed by atoms with Crippen molar-refractivity contribution in [1.29, 1.82) is 0 Å². The normalized spacial score (nSPS) is 21.2. The van der Waals surface area contributed by atoms with E-state index in [2.05, 4.69) is 31.0 Å². The summed E-state index contributed by atoms with van der Waals surface area (Å²) in [6.07, 6.45) is 0. The van der Waals surface area contributed by atoms with Crippen molar-refractivity contribution in [2.75, 3.05) is 51.2 Å². The Morgan fingerprint density at radius 2 is 1.89 bits per heavy atom. The molecule has 2 aliphatic rings. The number of carbonyl (C=O) groups excluding carboxylic acids is 2. The highest BCUT2D eigenvalue weighted by Crippen LogP contribution is 2.13. The van der Waals surface area contributed by atoms with Crippen molar-refractivity contribution >= 4 is 23.3 Å². The number of aliphatic hydroxyl groups excluding tert-OH is 1. The van der Waals surface area contributed by atoms with Crippen LogP contribution >= 0.6 is 0 Å². The van der Waals surface area contributed by atoms with Crippen molar-refractivity contribution in [1.82, 2.24) is 20.5 Å². The van der Waals surface area contributed by atoms with Crippen LogP contribution in [0, 0.1) is 0 Å². The van der Waals surface area contributed by atoms with Gasteiger partial charge in [-0.05, 0) is 19.1 Å². The van der Waals surface area contributed by atoms with Gasteiger partial charge in [-0.15, -0.1) is 0 Å². The SMILES string of the molecule is CC1NC(=O)NN=C1c1ccc(NC(=O)CN2CCN(CCO)CC2)cc1. The summed E-state index contributed by atoms with van der Waals surface area (Å²) in [6.45, 7) is 6.47. The number of hydrazone groups is 1. The molecule has 1 atom stereocenters. The Morgan fingerprint density at radius 3 is 2.52 bits per heavy atom. The maximum atomic E-state index is 12.3. The smallest absolute Gasteiger partial charge is 0.335 e. The largest absolute Gasteiger partial charge is 0.395 e. The molecule has 0 aromatic heterocycles. The van der Waals surface area contributed by atoms with Crippen molar-refractivity contribution in [2.24, 2.45) is 5.10 Å². The van der Waals surface area contributed by atoms with Crippen LogP contribution in [-0.2, 0) is 4.79 Å². The van der Waals surface area contributed by atoms with E-state index in [0.29, 0.717) is 13.1 Å². The second kappa shape index (κ2) is 8.94. The molecule has 9 heteroatoms. The van der Waals surface area contributed by atoms with Crippen LogP contribution in [0.25, 0.3) is 0 Å². The predicted molar refractivity (Wildman–Crippen MR) is 103 cm³/mol.